The molecule has 0 amide bonds. The van der Waals surface area contributed by atoms with E-state index in [2.05, 4.69) is 5.10 Å². The quantitative estimate of drug-likeness (QED) is 0.698. The van der Waals surface area contributed by atoms with Gasteiger partial charge in [-0.15, -0.1) is 5.10 Å². The maximum absolute atomic E-state index is 5.57. The first-order valence-corrected chi connectivity index (χ1v) is 8.47. The normalized spacial score (nSPS) is 16.8. The van der Waals surface area contributed by atoms with Crippen LogP contribution in [0.2, 0.25) is 0 Å². The van der Waals surface area contributed by atoms with Crippen LogP contribution in [0.4, 0.5) is 0 Å². The van der Waals surface area contributed by atoms with E-state index in [1.807, 2.05) is 31.3 Å². The molecule has 1 aliphatic heterocycles. The second kappa shape index (κ2) is 6.80. The summed E-state index contributed by atoms with van der Waals surface area (Å²) < 4.78 is 20.2. The van der Waals surface area contributed by atoms with Crippen LogP contribution in [0.15, 0.2) is 30.5 Å². The Bertz CT molecular complexity index is 889. The first-order valence-electron chi connectivity index (χ1n) is 8.47. The highest BCUT2D eigenvalue weighted by Crippen LogP contribution is 2.39. The number of methoxy groups -OCH3 is 2. The molecule has 0 bridgehead atoms. The van der Waals surface area contributed by atoms with Crippen molar-refractivity contribution in [2.45, 2.75) is 12.3 Å². The summed E-state index contributed by atoms with van der Waals surface area (Å²) >= 11 is 0. The Labute approximate surface area is 151 Å². The standard InChI is InChI=1S/C18H21N5O3/c1-22-15(7-9-19-22)23-18(20-17(21-23)12-8-10-26-11-12)16-13(24-2)5-4-6-14(16)25-3/h4-7,9,12H,8,10-11H2,1-3H3. The molecular weight excluding hydrogens is 334 g/mol. The van der Waals surface area contributed by atoms with Crippen LogP contribution in [0.25, 0.3) is 17.2 Å². The van der Waals surface area contributed by atoms with Crippen molar-refractivity contribution in [1.82, 2.24) is 24.5 Å². The summed E-state index contributed by atoms with van der Waals surface area (Å²) in [7, 11) is 5.14. The average Bonchev–Trinajstić information content (AvgIpc) is 3.40. The van der Waals surface area contributed by atoms with E-state index in [0.717, 1.165) is 30.2 Å². The van der Waals surface area contributed by atoms with Gasteiger partial charge in [-0.1, -0.05) is 6.07 Å². The maximum atomic E-state index is 5.57. The van der Waals surface area contributed by atoms with Gasteiger partial charge in [-0.3, -0.25) is 4.68 Å². The van der Waals surface area contributed by atoms with E-state index >= 15 is 0 Å². The fraction of sp³-hybridized carbons (Fsp3) is 0.389. The fourth-order valence-electron chi connectivity index (χ4n) is 3.21. The summed E-state index contributed by atoms with van der Waals surface area (Å²) in [4.78, 5) is 4.85. The molecule has 1 fully saturated rings. The minimum Gasteiger partial charge on any atom is -0.496 e. The highest BCUT2D eigenvalue weighted by atomic mass is 16.5. The van der Waals surface area contributed by atoms with Gasteiger partial charge in [0, 0.05) is 25.6 Å². The summed E-state index contributed by atoms with van der Waals surface area (Å²) in [6, 6.07) is 7.56. The number of hydrogen-bond donors (Lipinski definition) is 0. The number of ether oxygens (including phenoxy) is 3. The van der Waals surface area contributed by atoms with Crippen LogP contribution >= 0.6 is 0 Å². The topological polar surface area (TPSA) is 76.2 Å². The minimum atomic E-state index is 0.184. The molecule has 0 radical (unpaired) electrons. The summed E-state index contributed by atoms with van der Waals surface area (Å²) in [5.41, 5.74) is 0.761. The third-order valence-electron chi connectivity index (χ3n) is 4.58. The number of benzene rings is 1. The Morgan fingerprint density at radius 2 is 1.92 bits per heavy atom. The smallest absolute Gasteiger partial charge is 0.172 e. The highest BCUT2D eigenvalue weighted by molar-refractivity contribution is 5.73. The van der Waals surface area contributed by atoms with Gasteiger partial charge in [-0.05, 0) is 18.6 Å². The third kappa shape index (κ3) is 2.72. The van der Waals surface area contributed by atoms with Crippen LogP contribution in [0.5, 0.6) is 11.5 Å². The number of hydrogen-bond acceptors (Lipinski definition) is 6. The van der Waals surface area contributed by atoms with E-state index in [1.54, 1.807) is 29.8 Å². The Hall–Kier alpha value is -2.87. The van der Waals surface area contributed by atoms with Crippen molar-refractivity contribution < 1.29 is 14.2 Å². The molecule has 2 aromatic heterocycles. The summed E-state index contributed by atoms with van der Waals surface area (Å²) in [6.45, 7) is 1.37. The fourth-order valence-corrected chi connectivity index (χ4v) is 3.21. The molecule has 136 valence electrons. The lowest BCUT2D eigenvalue weighted by Gasteiger charge is -2.13. The van der Waals surface area contributed by atoms with Crippen molar-refractivity contribution in [3.8, 4) is 28.7 Å². The monoisotopic (exact) mass is 355 g/mol. The Morgan fingerprint density at radius 1 is 1.15 bits per heavy atom. The van der Waals surface area contributed by atoms with E-state index in [1.165, 1.54) is 0 Å². The lowest BCUT2D eigenvalue weighted by molar-refractivity contribution is 0.193. The largest absolute Gasteiger partial charge is 0.496 e. The van der Waals surface area contributed by atoms with Crippen molar-refractivity contribution in [3.05, 3.63) is 36.3 Å². The van der Waals surface area contributed by atoms with Crippen molar-refractivity contribution in [3.63, 3.8) is 0 Å². The van der Waals surface area contributed by atoms with Gasteiger partial charge >= 0.3 is 0 Å². The molecule has 3 heterocycles. The zero-order chi connectivity index (χ0) is 18.1. The van der Waals surface area contributed by atoms with Crippen LogP contribution in [-0.2, 0) is 11.8 Å². The molecular formula is C18H21N5O3. The Morgan fingerprint density at radius 3 is 2.50 bits per heavy atom. The highest BCUT2D eigenvalue weighted by Gasteiger charge is 2.27. The molecule has 3 aromatic rings. The first-order chi connectivity index (χ1) is 12.7. The number of aryl methyl sites for hydroxylation is 1. The molecule has 0 saturated carbocycles. The second-order valence-electron chi connectivity index (χ2n) is 6.12. The van der Waals surface area contributed by atoms with E-state index in [4.69, 9.17) is 24.3 Å². The van der Waals surface area contributed by atoms with Gasteiger partial charge < -0.3 is 14.2 Å². The van der Waals surface area contributed by atoms with Crippen molar-refractivity contribution in [2.75, 3.05) is 27.4 Å². The predicted molar refractivity (Wildman–Crippen MR) is 94.8 cm³/mol. The summed E-state index contributed by atoms with van der Waals surface area (Å²) in [6.07, 6.45) is 2.65. The van der Waals surface area contributed by atoms with E-state index in [9.17, 15) is 0 Å². The molecule has 0 aliphatic carbocycles. The van der Waals surface area contributed by atoms with Gasteiger partial charge in [0.2, 0.25) is 0 Å². The predicted octanol–water partition coefficient (Wildman–Crippen LogP) is 2.19. The maximum Gasteiger partial charge on any atom is 0.172 e. The third-order valence-corrected chi connectivity index (χ3v) is 4.58. The van der Waals surface area contributed by atoms with Gasteiger partial charge in [0.15, 0.2) is 17.5 Å². The molecule has 0 N–H and O–H groups in total. The lowest BCUT2D eigenvalue weighted by Crippen LogP contribution is -2.08. The van der Waals surface area contributed by atoms with Gasteiger partial charge in [0.25, 0.3) is 0 Å². The van der Waals surface area contributed by atoms with Gasteiger partial charge in [0.05, 0.1) is 27.0 Å². The summed E-state index contributed by atoms with van der Waals surface area (Å²) in [5.74, 6) is 3.76. The molecule has 1 unspecified atom stereocenters. The van der Waals surface area contributed by atoms with E-state index < -0.39 is 0 Å². The zero-order valence-electron chi connectivity index (χ0n) is 15.0. The molecule has 1 atom stereocenters. The second-order valence-corrected chi connectivity index (χ2v) is 6.12. The van der Waals surface area contributed by atoms with Crippen LogP contribution in [0.3, 0.4) is 0 Å². The Balaban J connectivity index is 1.94. The van der Waals surface area contributed by atoms with Crippen LogP contribution < -0.4 is 9.47 Å². The SMILES string of the molecule is COc1cccc(OC)c1-c1nc(C2CCOC2)nn1-c1ccnn1C. The number of aromatic nitrogens is 5. The van der Waals surface area contributed by atoms with Gasteiger partial charge in [0.1, 0.15) is 17.1 Å². The van der Waals surface area contributed by atoms with Crippen LogP contribution in [-0.4, -0.2) is 52.0 Å². The molecule has 1 saturated heterocycles. The van der Waals surface area contributed by atoms with Gasteiger partial charge in [-0.25, -0.2) is 4.98 Å². The number of rotatable bonds is 5. The van der Waals surface area contributed by atoms with Crippen molar-refractivity contribution >= 4 is 0 Å². The van der Waals surface area contributed by atoms with E-state index in [-0.39, 0.29) is 5.92 Å². The molecule has 8 heteroatoms. The number of nitrogens with zero attached hydrogens (tertiary/aromatic N) is 5. The average molecular weight is 355 g/mol. The molecule has 0 spiro atoms. The molecule has 1 aliphatic rings. The minimum absolute atomic E-state index is 0.184. The van der Waals surface area contributed by atoms with Crippen LogP contribution in [0.1, 0.15) is 18.2 Å². The Kier molecular flexibility index (Phi) is 4.34. The first kappa shape index (κ1) is 16.6. The molecule has 26 heavy (non-hydrogen) atoms. The zero-order valence-corrected chi connectivity index (χ0v) is 15.0. The van der Waals surface area contributed by atoms with Crippen molar-refractivity contribution in [1.29, 1.82) is 0 Å². The lowest BCUT2D eigenvalue weighted by atomic mass is 10.1. The summed E-state index contributed by atoms with van der Waals surface area (Å²) in [5, 5.41) is 9.04. The van der Waals surface area contributed by atoms with Crippen LogP contribution in [0, 0.1) is 0 Å². The molecule has 1 aromatic carbocycles. The molecule has 8 nitrogen and oxygen atoms in total. The van der Waals surface area contributed by atoms with Crippen molar-refractivity contribution in [2.24, 2.45) is 7.05 Å². The van der Waals surface area contributed by atoms with Gasteiger partial charge in [-0.2, -0.15) is 9.78 Å². The van der Waals surface area contributed by atoms with E-state index in [0.29, 0.717) is 23.9 Å². The molecule has 4 rings (SSSR count).